The molecule has 0 aliphatic carbocycles. The van der Waals surface area contributed by atoms with Crippen LogP contribution in [-0.2, 0) is 6.18 Å². The first-order valence-electron chi connectivity index (χ1n) is 8.01. The van der Waals surface area contributed by atoms with Crippen LogP contribution in [0.25, 0.3) is 0 Å². The Morgan fingerprint density at radius 2 is 1.92 bits per heavy atom. The number of carbonyl (C=O) groups is 1. The average molecular weight is 365 g/mol. The second-order valence-corrected chi connectivity index (χ2v) is 6.15. The number of hydrogen-bond donors (Lipinski definition) is 1. The van der Waals surface area contributed by atoms with Crippen molar-refractivity contribution in [3.63, 3.8) is 0 Å². The predicted molar refractivity (Wildman–Crippen MR) is 89.2 cm³/mol. The molecule has 2 N–H and O–H groups in total. The summed E-state index contributed by atoms with van der Waals surface area (Å²) in [5.41, 5.74) is 4.38. The number of piperazine rings is 1. The van der Waals surface area contributed by atoms with E-state index in [0.29, 0.717) is 13.1 Å². The summed E-state index contributed by atoms with van der Waals surface area (Å²) in [4.78, 5) is 23.0. The summed E-state index contributed by atoms with van der Waals surface area (Å²) in [6, 6.07) is 9.43. The maximum absolute atomic E-state index is 13.2. The highest BCUT2D eigenvalue weighted by atomic mass is 19.4. The zero-order valence-electron chi connectivity index (χ0n) is 14.1. The Morgan fingerprint density at radius 3 is 2.58 bits per heavy atom. The van der Waals surface area contributed by atoms with Crippen LogP contribution in [-0.4, -0.2) is 52.4 Å². The number of nitrogens with two attached hydrogens (primary N) is 1. The molecule has 0 bridgehead atoms. The highest BCUT2D eigenvalue weighted by Crippen LogP contribution is 2.32. The van der Waals surface area contributed by atoms with Crippen molar-refractivity contribution in [1.29, 1.82) is 0 Å². The SMILES string of the molecule is CN1CCN(C(=O)c2cnc(N)nc2C(F)(F)F)C[C@@H]1c1ccccc1. The number of benzene rings is 1. The number of likely N-dealkylation sites (N-methyl/N-ethyl adjacent to an activating group) is 1. The molecule has 0 spiro atoms. The van der Waals surface area contributed by atoms with Crippen molar-refractivity contribution < 1.29 is 18.0 Å². The average Bonchev–Trinajstić information content (AvgIpc) is 2.61. The van der Waals surface area contributed by atoms with E-state index in [-0.39, 0.29) is 12.6 Å². The Morgan fingerprint density at radius 1 is 1.23 bits per heavy atom. The van der Waals surface area contributed by atoms with Gasteiger partial charge in [0.15, 0.2) is 5.69 Å². The summed E-state index contributed by atoms with van der Waals surface area (Å²) >= 11 is 0. The van der Waals surface area contributed by atoms with Gasteiger partial charge in [-0.3, -0.25) is 9.69 Å². The van der Waals surface area contributed by atoms with Gasteiger partial charge in [-0.2, -0.15) is 13.2 Å². The molecule has 2 aromatic rings. The molecule has 3 rings (SSSR count). The summed E-state index contributed by atoms with van der Waals surface area (Å²) in [5.74, 6) is -1.26. The number of hydrogen-bond acceptors (Lipinski definition) is 5. The van der Waals surface area contributed by atoms with Crippen molar-refractivity contribution in [1.82, 2.24) is 19.8 Å². The first kappa shape index (κ1) is 18.1. The maximum Gasteiger partial charge on any atom is 0.434 e. The third-order valence-electron chi connectivity index (χ3n) is 4.43. The molecule has 1 saturated heterocycles. The van der Waals surface area contributed by atoms with E-state index in [0.717, 1.165) is 11.8 Å². The Bertz CT molecular complexity index is 797. The minimum absolute atomic E-state index is 0.0991. The van der Waals surface area contributed by atoms with Crippen LogP contribution in [0.3, 0.4) is 0 Å². The highest BCUT2D eigenvalue weighted by molar-refractivity contribution is 5.95. The third-order valence-corrected chi connectivity index (χ3v) is 4.43. The molecule has 1 amide bonds. The van der Waals surface area contributed by atoms with Crippen molar-refractivity contribution in [3.8, 4) is 0 Å². The van der Waals surface area contributed by atoms with E-state index in [2.05, 4.69) is 14.9 Å². The van der Waals surface area contributed by atoms with E-state index < -0.39 is 29.3 Å². The van der Waals surface area contributed by atoms with Gasteiger partial charge in [-0.15, -0.1) is 0 Å². The molecule has 26 heavy (non-hydrogen) atoms. The first-order chi connectivity index (χ1) is 12.3. The zero-order chi connectivity index (χ0) is 18.9. The van der Waals surface area contributed by atoms with Crippen molar-refractivity contribution in [2.45, 2.75) is 12.2 Å². The number of halogens is 3. The van der Waals surface area contributed by atoms with Crippen LogP contribution in [0.4, 0.5) is 19.1 Å². The van der Waals surface area contributed by atoms with Crippen molar-refractivity contribution in [2.75, 3.05) is 32.4 Å². The van der Waals surface area contributed by atoms with Gasteiger partial charge in [0.25, 0.3) is 5.91 Å². The largest absolute Gasteiger partial charge is 0.434 e. The number of nitrogens with zero attached hydrogens (tertiary/aromatic N) is 4. The molecule has 1 aliphatic heterocycles. The fraction of sp³-hybridized carbons (Fsp3) is 0.353. The number of carbonyl (C=O) groups excluding carboxylic acids is 1. The molecule has 1 fully saturated rings. The molecule has 9 heteroatoms. The van der Waals surface area contributed by atoms with Gasteiger partial charge in [-0.05, 0) is 12.6 Å². The minimum Gasteiger partial charge on any atom is -0.368 e. The second-order valence-electron chi connectivity index (χ2n) is 6.15. The molecule has 1 aromatic carbocycles. The molecule has 0 saturated carbocycles. The molecule has 138 valence electrons. The summed E-state index contributed by atoms with van der Waals surface area (Å²) in [5, 5.41) is 0. The topological polar surface area (TPSA) is 75.3 Å². The molecular formula is C17H18F3N5O. The smallest absolute Gasteiger partial charge is 0.368 e. The van der Waals surface area contributed by atoms with E-state index in [9.17, 15) is 18.0 Å². The van der Waals surface area contributed by atoms with Gasteiger partial charge in [-0.1, -0.05) is 30.3 Å². The van der Waals surface area contributed by atoms with E-state index in [1.165, 1.54) is 4.90 Å². The summed E-state index contributed by atoms with van der Waals surface area (Å²) in [6.07, 6.45) is -3.93. The van der Waals surface area contributed by atoms with Crippen LogP contribution in [0.15, 0.2) is 36.5 Å². The van der Waals surface area contributed by atoms with E-state index in [4.69, 9.17) is 5.73 Å². The van der Waals surface area contributed by atoms with Gasteiger partial charge in [0.2, 0.25) is 5.95 Å². The maximum atomic E-state index is 13.2. The van der Waals surface area contributed by atoms with Crippen molar-refractivity contribution in [2.24, 2.45) is 0 Å². The Balaban J connectivity index is 1.89. The fourth-order valence-electron chi connectivity index (χ4n) is 3.03. The van der Waals surface area contributed by atoms with Gasteiger partial charge in [0, 0.05) is 25.8 Å². The quantitative estimate of drug-likeness (QED) is 0.883. The first-order valence-corrected chi connectivity index (χ1v) is 8.01. The summed E-state index contributed by atoms with van der Waals surface area (Å²) in [6.45, 7) is 1.14. The van der Waals surface area contributed by atoms with Crippen LogP contribution >= 0.6 is 0 Å². The lowest BCUT2D eigenvalue weighted by atomic mass is 10.0. The minimum atomic E-state index is -4.78. The number of alkyl halides is 3. The lowest BCUT2D eigenvalue weighted by molar-refractivity contribution is -0.141. The molecular weight excluding hydrogens is 347 g/mol. The second kappa shape index (κ2) is 6.91. The molecule has 1 atom stereocenters. The van der Waals surface area contributed by atoms with E-state index in [1.54, 1.807) is 0 Å². The Labute approximate surface area is 148 Å². The number of nitrogen functional groups attached to an aromatic ring is 1. The molecule has 0 radical (unpaired) electrons. The fourth-order valence-corrected chi connectivity index (χ4v) is 3.03. The van der Waals surface area contributed by atoms with E-state index in [1.807, 2.05) is 37.4 Å². The number of amides is 1. The molecule has 2 heterocycles. The molecule has 0 unspecified atom stereocenters. The number of aromatic nitrogens is 2. The van der Waals surface area contributed by atoms with Crippen LogP contribution in [0.5, 0.6) is 0 Å². The summed E-state index contributed by atoms with van der Waals surface area (Å²) < 4.78 is 39.7. The van der Waals surface area contributed by atoms with E-state index >= 15 is 0 Å². The Kier molecular flexibility index (Phi) is 4.82. The monoisotopic (exact) mass is 365 g/mol. The summed E-state index contributed by atoms with van der Waals surface area (Å²) in [7, 11) is 1.92. The van der Waals surface area contributed by atoms with Crippen LogP contribution in [0.2, 0.25) is 0 Å². The standard InChI is InChI=1S/C17H18F3N5O/c1-24-7-8-25(10-13(24)11-5-3-2-4-6-11)15(26)12-9-22-16(21)23-14(12)17(18,19)20/h2-6,9,13H,7-8,10H2,1H3,(H2,21,22,23)/t13-/m1/s1. The van der Waals surface area contributed by atoms with Gasteiger partial charge in [-0.25, -0.2) is 9.97 Å². The van der Waals surface area contributed by atoms with Crippen LogP contribution in [0.1, 0.15) is 27.7 Å². The van der Waals surface area contributed by atoms with Gasteiger partial charge in [0.1, 0.15) is 0 Å². The normalized spacial score (nSPS) is 18.8. The van der Waals surface area contributed by atoms with Crippen molar-refractivity contribution in [3.05, 3.63) is 53.3 Å². The highest BCUT2D eigenvalue weighted by Gasteiger charge is 2.40. The molecule has 1 aliphatic rings. The lowest BCUT2D eigenvalue weighted by Crippen LogP contribution is -2.49. The molecule has 1 aromatic heterocycles. The van der Waals surface area contributed by atoms with Gasteiger partial charge < -0.3 is 10.6 Å². The predicted octanol–water partition coefficient (Wildman–Crippen LogP) is 2.21. The van der Waals surface area contributed by atoms with Crippen molar-refractivity contribution >= 4 is 11.9 Å². The lowest BCUT2D eigenvalue weighted by Gasteiger charge is -2.39. The van der Waals surface area contributed by atoms with Crippen LogP contribution in [0, 0.1) is 0 Å². The van der Waals surface area contributed by atoms with Gasteiger partial charge >= 0.3 is 6.18 Å². The molecule has 6 nitrogen and oxygen atoms in total. The van der Waals surface area contributed by atoms with Gasteiger partial charge in [0.05, 0.1) is 11.6 Å². The number of anilines is 1. The van der Waals surface area contributed by atoms with Crippen LogP contribution < -0.4 is 5.73 Å². The Hall–Kier alpha value is -2.68. The zero-order valence-corrected chi connectivity index (χ0v) is 14.1. The third kappa shape index (κ3) is 3.62. The number of rotatable bonds is 2.